The van der Waals surface area contributed by atoms with Crippen molar-refractivity contribution in [1.29, 1.82) is 0 Å². The topological polar surface area (TPSA) is 70.6 Å². The van der Waals surface area contributed by atoms with E-state index in [0.29, 0.717) is 13.2 Å². The zero-order valence-corrected chi connectivity index (χ0v) is 12.2. The number of hydrogen-bond acceptors (Lipinski definition) is 3. The van der Waals surface area contributed by atoms with Crippen molar-refractivity contribution in [3.8, 4) is 0 Å². The van der Waals surface area contributed by atoms with Gasteiger partial charge in [0.15, 0.2) is 0 Å². The highest BCUT2D eigenvalue weighted by molar-refractivity contribution is 5.74. The first kappa shape index (κ1) is 16.2. The standard InChI is InChI=1S/C14H28N2O3/c1-11(2)19-9-5-8-15-14(18)16-13-7-4-3-6-12(13)10-17/h11-13,17H,3-10H2,1-2H3,(H2,15,16,18). The van der Waals surface area contributed by atoms with Crippen molar-refractivity contribution in [1.82, 2.24) is 10.6 Å². The summed E-state index contributed by atoms with van der Waals surface area (Å²) in [7, 11) is 0. The number of urea groups is 1. The highest BCUT2D eigenvalue weighted by atomic mass is 16.5. The molecule has 0 heterocycles. The monoisotopic (exact) mass is 272 g/mol. The lowest BCUT2D eigenvalue weighted by atomic mass is 9.85. The van der Waals surface area contributed by atoms with Crippen LogP contribution < -0.4 is 10.6 Å². The molecule has 2 atom stereocenters. The Morgan fingerprint density at radius 2 is 2.11 bits per heavy atom. The van der Waals surface area contributed by atoms with Crippen molar-refractivity contribution in [3.63, 3.8) is 0 Å². The summed E-state index contributed by atoms with van der Waals surface area (Å²) in [6.45, 7) is 5.44. The minimum atomic E-state index is -0.130. The molecule has 1 fully saturated rings. The molecule has 0 aliphatic heterocycles. The molecule has 0 aromatic carbocycles. The summed E-state index contributed by atoms with van der Waals surface area (Å²) in [5, 5.41) is 15.1. The Morgan fingerprint density at radius 3 is 2.79 bits per heavy atom. The van der Waals surface area contributed by atoms with Crippen LogP contribution >= 0.6 is 0 Å². The third-order valence-electron chi connectivity index (χ3n) is 3.52. The van der Waals surface area contributed by atoms with E-state index in [-0.39, 0.29) is 30.7 Å². The molecule has 0 radical (unpaired) electrons. The van der Waals surface area contributed by atoms with Crippen LogP contribution in [-0.2, 0) is 4.74 Å². The lowest BCUT2D eigenvalue weighted by Gasteiger charge is -2.30. The zero-order chi connectivity index (χ0) is 14.1. The minimum absolute atomic E-state index is 0.116. The molecular formula is C14H28N2O3. The van der Waals surface area contributed by atoms with Crippen LogP contribution in [0.2, 0.25) is 0 Å². The molecule has 0 aromatic rings. The first-order chi connectivity index (χ1) is 9.13. The molecule has 1 rings (SSSR count). The Labute approximate surface area is 116 Å². The second-order valence-electron chi connectivity index (χ2n) is 5.51. The Kier molecular flexibility index (Phi) is 7.82. The third kappa shape index (κ3) is 6.78. The van der Waals surface area contributed by atoms with Gasteiger partial charge in [-0.2, -0.15) is 0 Å². The minimum Gasteiger partial charge on any atom is -0.396 e. The molecule has 0 aromatic heterocycles. The Balaban J connectivity index is 2.12. The smallest absolute Gasteiger partial charge is 0.315 e. The number of ether oxygens (including phenoxy) is 1. The molecule has 5 nitrogen and oxygen atoms in total. The molecule has 112 valence electrons. The fourth-order valence-corrected chi connectivity index (χ4v) is 2.43. The van der Waals surface area contributed by atoms with Gasteiger partial charge in [0.05, 0.1) is 6.10 Å². The number of carbonyl (C=O) groups is 1. The van der Waals surface area contributed by atoms with E-state index in [4.69, 9.17) is 4.74 Å². The van der Waals surface area contributed by atoms with Gasteiger partial charge in [-0.3, -0.25) is 0 Å². The van der Waals surface area contributed by atoms with Crippen molar-refractivity contribution in [2.45, 2.75) is 58.1 Å². The van der Waals surface area contributed by atoms with Crippen LogP contribution in [-0.4, -0.2) is 43.0 Å². The molecule has 0 bridgehead atoms. The van der Waals surface area contributed by atoms with E-state index in [9.17, 15) is 9.90 Å². The zero-order valence-electron chi connectivity index (χ0n) is 12.2. The predicted octanol–water partition coefficient (Wildman–Crippen LogP) is 1.65. The van der Waals surface area contributed by atoms with Gasteiger partial charge in [0.25, 0.3) is 0 Å². The highest BCUT2D eigenvalue weighted by Crippen LogP contribution is 2.23. The molecule has 3 N–H and O–H groups in total. The molecule has 1 saturated carbocycles. The first-order valence-electron chi connectivity index (χ1n) is 7.40. The number of rotatable bonds is 7. The van der Waals surface area contributed by atoms with Crippen LogP contribution in [0.4, 0.5) is 4.79 Å². The van der Waals surface area contributed by atoms with Crippen LogP contribution in [0.1, 0.15) is 46.0 Å². The van der Waals surface area contributed by atoms with Gasteiger partial charge in [-0.15, -0.1) is 0 Å². The second-order valence-corrected chi connectivity index (χ2v) is 5.51. The summed E-state index contributed by atoms with van der Waals surface area (Å²) in [6, 6.07) is -0.0134. The third-order valence-corrected chi connectivity index (χ3v) is 3.52. The van der Waals surface area contributed by atoms with E-state index in [2.05, 4.69) is 10.6 Å². The fraction of sp³-hybridized carbons (Fsp3) is 0.929. The highest BCUT2D eigenvalue weighted by Gasteiger charge is 2.25. The molecule has 0 spiro atoms. The van der Waals surface area contributed by atoms with E-state index in [0.717, 1.165) is 32.1 Å². The first-order valence-corrected chi connectivity index (χ1v) is 7.40. The molecule has 0 saturated heterocycles. The maximum atomic E-state index is 11.7. The normalized spacial score (nSPS) is 23.4. The number of aliphatic hydroxyl groups excluding tert-OH is 1. The summed E-state index contributed by atoms with van der Waals surface area (Å²) in [5.41, 5.74) is 0. The van der Waals surface area contributed by atoms with E-state index < -0.39 is 0 Å². The van der Waals surface area contributed by atoms with Gasteiger partial charge in [0, 0.05) is 31.7 Å². The van der Waals surface area contributed by atoms with Gasteiger partial charge < -0.3 is 20.5 Å². The van der Waals surface area contributed by atoms with Crippen LogP contribution in [0.25, 0.3) is 0 Å². The Morgan fingerprint density at radius 1 is 1.37 bits per heavy atom. The van der Waals surface area contributed by atoms with E-state index >= 15 is 0 Å². The fourth-order valence-electron chi connectivity index (χ4n) is 2.43. The Bertz CT molecular complexity index is 259. The largest absolute Gasteiger partial charge is 0.396 e. The Hall–Kier alpha value is -0.810. The van der Waals surface area contributed by atoms with Crippen molar-refractivity contribution in [3.05, 3.63) is 0 Å². The summed E-state index contributed by atoms with van der Waals surface area (Å²) in [6.07, 6.45) is 5.31. The van der Waals surface area contributed by atoms with Crippen molar-refractivity contribution in [2.75, 3.05) is 19.8 Å². The molecule has 2 amide bonds. The van der Waals surface area contributed by atoms with Crippen molar-refractivity contribution in [2.24, 2.45) is 5.92 Å². The number of nitrogens with one attached hydrogen (secondary N) is 2. The number of aliphatic hydroxyl groups is 1. The average molecular weight is 272 g/mol. The second kappa shape index (κ2) is 9.15. The van der Waals surface area contributed by atoms with Gasteiger partial charge in [0.2, 0.25) is 0 Å². The van der Waals surface area contributed by atoms with Gasteiger partial charge in [-0.05, 0) is 33.1 Å². The maximum absolute atomic E-state index is 11.7. The van der Waals surface area contributed by atoms with Crippen LogP contribution in [0, 0.1) is 5.92 Å². The van der Waals surface area contributed by atoms with Gasteiger partial charge in [-0.25, -0.2) is 4.79 Å². The molecule has 1 aliphatic rings. The summed E-state index contributed by atoms with van der Waals surface area (Å²) >= 11 is 0. The SMILES string of the molecule is CC(C)OCCCNC(=O)NC1CCCCC1CO. The van der Waals surface area contributed by atoms with Crippen molar-refractivity contribution >= 4 is 6.03 Å². The summed E-state index contributed by atoms with van der Waals surface area (Å²) in [5.74, 6) is 0.212. The predicted molar refractivity (Wildman–Crippen MR) is 75.1 cm³/mol. The van der Waals surface area contributed by atoms with E-state index in [1.807, 2.05) is 13.8 Å². The van der Waals surface area contributed by atoms with E-state index in [1.165, 1.54) is 0 Å². The molecule has 19 heavy (non-hydrogen) atoms. The number of carbonyl (C=O) groups excluding carboxylic acids is 1. The average Bonchev–Trinajstić information content (AvgIpc) is 2.38. The van der Waals surface area contributed by atoms with Gasteiger partial charge in [-0.1, -0.05) is 12.8 Å². The lowest BCUT2D eigenvalue weighted by Crippen LogP contribution is -2.47. The summed E-state index contributed by atoms with van der Waals surface area (Å²) < 4.78 is 5.40. The van der Waals surface area contributed by atoms with Crippen LogP contribution in [0.5, 0.6) is 0 Å². The molecular weight excluding hydrogens is 244 g/mol. The van der Waals surface area contributed by atoms with Crippen LogP contribution in [0.3, 0.4) is 0 Å². The quantitative estimate of drug-likeness (QED) is 0.617. The lowest BCUT2D eigenvalue weighted by molar-refractivity contribution is 0.0773. The van der Waals surface area contributed by atoms with Gasteiger partial charge >= 0.3 is 6.03 Å². The van der Waals surface area contributed by atoms with E-state index in [1.54, 1.807) is 0 Å². The molecule has 2 unspecified atom stereocenters. The van der Waals surface area contributed by atoms with Crippen LogP contribution in [0.15, 0.2) is 0 Å². The summed E-state index contributed by atoms with van der Waals surface area (Å²) in [4.78, 5) is 11.7. The molecule has 1 aliphatic carbocycles. The van der Waals surface area contributed by atoms with Crippen molar-refractivity contribution < 1.29 is 14.6 Å². The number of amides is 2. The number of hydrogen-bond donors (Lipinski definition) is 3. The van der Waals surface area contributed by atoms with Gasteiger partial charge in [0.1, 0.15) is 0 Å². The maximum Gasteiger partial charge on any atom is 0.315 e. The molecule has 5 heteroatoms.